The number of carbonyl (C=O) groups excluding carboxylic acids is 3. The van der Waals surface area contributed by atoms with Crippen molar-refractivity contribution in [3.63, 3.8) is 0 Å². The van der Waals surface area contributed by atoms with Crippen LogP contribution in [0.4, 0.5) is 4.79 Å². The number of aryl methyl sites for hydroxylation is 1. The molecule has 1 aromatic rings. The van der Waals surface area contributed by atoms with Gasteiger partial charge in [0.15, 0.2) is 0 Å². The fourth-order valence-corrected chi connectivity index (χ4v) is 2.56. The molecule has 0 unspecified atom stereocenters. The van der Waals surface area contributed by atoms with Crippen LogP contribution in [0.1, 0.15) is 25.0 Å². The number of hydrogen-bond donors (Lipinski definition) is 1. The smallest absolute Gasteiger partial charge is 0.277 e. The van der Waals surface area contributed by atoms with E-state index in [0.29, 0.717) is 0 Å². The molecule has 1 aromatic heterocycles. The van der Waals surface area contributed by atoms with E-state index in [1.807, 2.05) is 17.7 Å². The molecule has 4 amide bonds. The molecule has 6 heteroatoms. The first-order valence-electron chi connectivity index (χ1n) is 5.53. The molecule has 0 aromatic carbocycles. The van der Waals surface area contributed by atoms with E-state index < -0.39 is 23.3 Å². The number of rotatable bonds is 2. The largest absolute Gasteiger partial charge is 0.331 e. The maximum Gasteiger partial charge on any atom is 0.331 e. The van der Waals surface area contributed by atoms with Crippen molar-refractivity contribution in [1.82, 2.24) is 10.2 Å². The van der Waals surface area contributed by atoms with E-state index in [4.69, 9.17) is 0 Å². The third-order valence-corrected chi connectivity index (χ3v) is 4.01. The topological polar surface area (TPSA) is 66.5 Å². The Labute approximate surface area is 109 Å². The van der Waals surface area contributed by atoms with Crippen molar-refractivity contribution >= 4 is 29.2 Å². The predicted octanol–water partition coefficient (Wildman–Crippen LogP) is 1.66. The highest BCUT2D eigenvalue weighted by atomic mass is 32.1. The molecule has 0 saturated carbocycles. The lowest BCUT2D eigenvalue weighted by molar-refractivity contribution is -0.149. The highest BCUT2D eigenvalue weighted by Crippen LogP contribution is 2.26. The molecule has 1 aliphatic rings. The normalized spacial score (nSPS) is 19.1. The molecule has 5 nitrogen and oxygen atoms in total. The number of nitrogens with zero attached hydrogens (tertiary/aromatic N) is 1. The summed E-state index contributed by atoms with van der Waals surface area (Å²) in [6, 6.07) is -0.644. The maximum atomic E-state index is 12.2. The second-order valence-corrected chi connectivity index (χ2v) is 5.60. The van der Waals surface area contributed by atoms with Crippen LogP contribution >= 0.6 is 11.3 Å². The van der Waals surface area contributed by atoms with Gasteiger partial charge in [0.2, 0.25) is 11.8 Å². The molecule has 2 heterocycles. The van der Waals surface area contributed by atoms with Crippen molar-refractivity contribution in [2.45, 2.75) is 27.3 Å². The lowest BCUT2D eigenvalue weighted by Gasteiger charge is -2.34. The van der Waals surface area contributed by atoms with Crippen LogP contribution < -0.4 is 5.32 Å². The van der Waals surface area contributed by atoms with E-state index in [9.17, 15) is 14.4 Å². The standard InChI is InChI=1S/C12H14N2O3S/c1-7-5-18-6-8(7)4-14-10(16)12(2,3)9(15)13-11(14)17/h5-6H,4H2,1-3H3,(H,13,15,17). The Morgan fingerprint density at radius 1 is 1.28 bits per heavy atom. The molecule has 1 saturated heterocycles. The number of carbonyl (C=O) groups is 3. The molecule has 18 heavy (non-hydrogen) atoms. The first-order valence-corrected chi connectivity index (χ1v) is 6.47. The molecule has 2 rings (SSSR count). The highest BCUT2D eigenvalue weighted by Gasteiger charge is 2.46. The van der Waals surface area contributed by atoms with Gasteiger partial charge in [-0.3, -0.25) is 19.8 Å². The highest BCUT2D eigenvalue weighted by molar-refractivity contribution is 7.08. The van der Waals surface area contributed by atoms with Crippen LogP contribution in [0.3, 0.4) is 0 Å². The molecule has 0 bridgehead atoms. The second kappa shape index (κ2) is 4.20. The molecule has 1 fully saturated rings. The molecular weight excluding hydrogens is 252 g/mol. The summed E-state index contributed by atoms with van der Waals surface area (Å²) in [6.45, 7) is 5.17. The van der Waals surface area contributed by atoms with Crippen molar-refractivity contribution in [3.8, 4) is 0 Å². The van der Waals surface area contributed by atoms with E-state index >= 15 is 0 Å². The Morgan fingerprint density at radius 3 is 2.50 bits per heavy atom. The van der Waals surface area contributed by atoms with Gasteiger partial charge in [0.05, 0.1) is 6.54 Å². The number of urea groups is 1. The molecule has 0 radical (unpaired) electrons. The number of nitrogens with one attached hydrogen (secondary N) is 1. The van der Waals surface area contributed by atoms with Crippen molar-refractivity contribution < 1.29 is 14.4 Å². The van der Waals surface area contributed by atoms with Gasteiger partial charge in [-0.05, 0) is 42.7 Å². The summed E-state index contributed by atoms with van der Waals surface area (Å²) in [6.07, 6.45) is 0. The zero-order valence-corrected chi connectivity index (χ0v) is 11.3. The fourth-order valence-electron chi connectivity index (χ4n) is 1.71. The van der Waals surface area contributed by atoms with E-state index in [2.05, 4.69) is 5.32 Å². The quantitative estimate of drug-likeness (QED) is 0.828. The number of amides is 4. The Hall–Kier alpha value is -1.69. The van der Waals surface area contributed by atoms with Crippen LogP contribution in [0.2, 0.25) is 0 Å². The van der Waals surface area contributed by atoms with Gasteiger partial charge in [-0.15, -0.1) is 0 Å². The minimum absolute atomic E-state index is 0.205. The minimum Gasteiger partial charge on any atom is -0.277 e. The molecule has 1 N–H and O–H groups in total. The lowest BCUT2D eigenvalue weighted by Crippen LogP contribution is -2.61. The predicted molar refractivity (Wildman–Crippen MR) is 66.9 cm³/mol. The van der Waals surface area contributed by atoms with Gasteiger partial charge >= 0.3 is 6.03 Å². The van der Waals surface area contributed by atoms with Crippen molar-refractivity contribution in [1.29, 1.82) is 0 Å². The Morgan fingerprint density at radius 2 is 1.94 bits per heavy atom. The average molecular weight is 266 g/mol. The molecule has 96 valence electrons. The molecule has 0 spiro atoms. The van der Waals surface area contributed by atoms with E-state index in [-0.39, 0.29) is 6.54 Å². The summed E-state index contributed by atoms with van der Waals surface area (Å²) in [5, 5.41) is 6.07. The molecule has 1 aliphatic heterocycles. The average Bonchev–Trinajstić information content (AvgIpc) is 2.68. The Bertz CT molecular complexity index is 533. The zero-order chi connectivity index (χ0) is 13.5. The van der Waals surface area contributed by atoms with Gasteiger partial charge < -0.3 is 0 Å². The van der Waals surface area contributed by atoms with Crippen LogP contribution in [-0.2, 0) is 16.1 Å². The van der Waals surface area contributed by atoms with E-state index in [1.165, 1.54) is 25.2 Å². The monoisotopic (exact) mass is 266 g/mol. The Kier molecular flexibility index (Phi) is 2.98. The van der Waals surface area contributed by atoms with E-state index in [1.54, 1.807) is 0 Å². The summed E-state index contributed by atoms with van der Waals surface area (Å²) in [7, 11) is 0. The van der Waals surface area contributed by atoms with Crippen molar-refractivity contribution in [2.24, 2.45) is 5.41 Å². The number of thiophene rings is 1. The SMILES string of the molecule is Cc1cscc1CN1C(=O)NC(=O)C(C)(C)C1=O. The Balaban J connectivity index is 2.27. The summed E-state index contributed by atoms with van der Waals surface area (Å²) in [5.74, 6) is -1.00. The number of imide groups is 2. The summed E-state index contributed by atoms with van der Waals surface area (Å²) < 4.78 is 0. The maximum absolute atomic E-state index is 12.2. The van der Waals surface area contributed by atoms with Crippen LogP contribution in [-0.4, -0.2) is 22.7 Å². The third kappa shape index (κ3) is 1.92. The van der Waals surface area contributed by atoms with Crippen LogP contribution in [0.5, 0.6) is 0 Å². The first-order chi connectivity index (χ1) is 8.34. The van der Waals surface area contributed by atoms with Gasteiger partial charge in [0.25, 0.3) is 0 Å². The van der Waals surface area contributed by atoms with Crippen molar-refractivity contribution in [3.05, 3.63) is 21.9 Å². The summed E-state index contributed by atoms with van der Waals surface area (Å²) >= 11 is 1.52. The first kappa shape index (κ1) is 12.8. The van der Waals surface area contributed by atoms with Gasteiger partial charge in [0.1, 0.15) is 5.41 Å². The fraction of sp³-hybridized carbons (Fsp3) is 0.417. The minimum atomic E-state index is -1.20. The molecule has 0 atom stereocenters. The van der Waals surface area contributed by atoms with Crippen LogP contribution in [0, 0.1) is 12.3 Å². The summed E-state index contributed by atoms with van der Waals surface area (Å²) in [5.41, 5.74) is 0.765. The van der Waals surface area contributed by atoms with Crippen molar-refractivity contribution in [2.75, 3.05) is 0 Å². The third-order valence-electron chi connectivity index (χ3n) is 3.10. The zero-order valence-electron chi connectivity index (χ0n) is 10.4. The molecule has 0 aliphatic carbocycles. The van der Waals surface area contributed by atoms with Gasteiger partial charge in [-0.2, -0.15) is 11.3 Å². The van der Waals surface area contributed by atoms with Crippen LogP contribution in [0.15, 0.2) is 10.8 Å². The van der Waals surface area contributed by atoms with Gasteiger partial charge in [-0.1, -0.05) is 0 Å². The van der Waals surface area contributed by atoms with E-state index in [0.717, 1.165) is 16.0 Å². The van der Waals surface area contributed by atoms with Crippen LogP contribution in [0.25, 0.3) is 0 Å². The summed E-state index contributed by atoms with van der Waals surface area (Å²) in [4.78, 5) is 36.5. The number of hydrogen-bond acceptors (Lipinski definition) is 4. The molecular formula is C12H14N2O3S. The van der Waals surface area contributed by atoms with Gasteiger partial charge in [-0.25, -0.2) is 4.79 Å². The van der Waals surface area contributed by atoms with Gasteiger partial charge in [0, 0.05) is 0 Å². The lowest BCUT2D eigenvalue weighted by atomic mass is 9.88. The number of barbiturate groups is 1. The second-order valence-electron chi connectivity index (χ2n) is 4.86.